The van der Waals surface area contributed by atoms with Crippen molar-refractivity contribution >= 4 is 17.4 Å². The van der Waals surface area contributed by atoms with Gasteiger partial charge in [-0.1, -0.05) is 25.3 Å². The highest BCUT2D eigenvalue weighted by Crippen LogP contribution is 2.28. The minimum absolute atomic E-state index is 0.0364. The van der Waals surface area contributed by atoms with Crippen molar-refractivity contribution < 1.29 is 24.1 Å². The Hall–Kier alpha value is -3.20. The fourth-order valence-corrected chi connectivity index (χ4v) is 3.41. The summed E-state index contributed by atoms with van der Waals surface area (Å²) < 4.78 is 14.5. The van der Waals surface area contributed by atoms with Crippen molar-refractivity contribution in [3.8, 4) is 11.6 Å². The van der Waals surface area contributed by atoms with Crippen LogP contribution in [0.3, 0.4) is 0 Å². The highest BCUT2D eigenvalue weighted by molar-refractivity contribution is 5.95. The van der Waals surface area contributed by atoms with Gasteiger partial charge in [0.1, 0.15) is 12.4 Å². The van der Waals surface area contributed by atoms with Crippen molar-refractivity contribution in [2.45, 2.75) is 46.6 Å². The molecule has 2 aromatic heterocycles. The first kappa shape index (κ1) is 23.5. The SMILES string of the molecule is CCOc1cc(C)c2n(n1)c(NC)n[n+]2CC(=O)c1cc(OCCO)cc(C(C)(C)C)c1. The minimum atomic E-state index is -0.169. The number of carbonyl (C=O) groups is 1. The summed E-state index contributed by atoms with van der Waals surface area (Å²) in [6, 6.07) is 7.35. The lowest BCUT2D eigenvalue weighted by atomic mass is 9.85. The fraction of sp³-hybridized carbons (Fsp3) is 0.478. The molecule has 0 amide bonds. The van der Waals surface area contributed by atoms with Crippen LogP contribution in [0.5, 0.6) is 11.6 Å². The van der Waals surface area contributed by atoms with Gasteiger partial charge < -0.3 is 19.9 Å². The van der Waals surface area contributed by atoms with Crippen molar-refractivity contribution in [1.82, 2.24) is 14.7 Å². The molecule has 3 rings (SSSR count). The zero-order valence-corrected chi connectivity index (χ0v) is 19.6. The van der Waals surface area contributed by atoms with E-state index in [1.54, 1.807) is 22.3 Å². The number of fused-ring (bicyclic) bond motifs is 1. The number of hydrogen-bond donors (Lipinski definition) is 2. The van der Waals surface area contributed by atoms with Gasteiger partial charge in [-0.15, -0.1) is 4.68 Å². The van der Waals surface area contributed by atoms with Gasteiger partial charge in [0.05, 0.1) is 13.2 Å². The third-order valence-electron chi connectivity index (χ3n) is 5.02. The summed E-state index contributed by atoms with van der Waals surface area (Å²) in [7, 11) is 1.75. The zero-order chi connectivity index (χ0) is 23.5. The first-order valence-electron chi connectivity index (χ1n) is 10.7. The number of hydrogen-bond acceptors (Lipinski definition) is 7. The first-order chi connectivity index (χ1) is 15.2. The molecule has 0 saturated carbocycles. The summed E-state index contributed by atoms with van der Waals surface area (Å²) in [4.78, 5) is 13.3. The molecule has 0 unspecified atom stereocenters. The van der Waals surface area contributed by atoms with Crippen LogP contribution in [0.15, 0.2) is 24.3 Å². The Morgan fingerprint density at radius 1 is 1.22 bits per heavy atom. The van der Waals surface area contributed by atoms with Crippen molar-refractivity contribution in [2.24, 2.45) is 0 Å². The Labute approximate surface area is 188 Å². The standard InChI is InChI=1S/C23H32N5O4/c1-7-31-20-10-15(2)21-27(26-22(24-6)28(21)25-20)14-19(30)16-11-17(23(3,4)5)13-18(12-16)32-9-8-29/h10-13,29H,7-9,14H2,1-6H3,(H,24,26)/q+1. The number of Topliss-reactive ketones (excluding diaryl/α,β-unsaturated/α-hetero) is 1. The maximum Gasteiger partial charge on any atom is 0.357 e. The third kappa shape index (κ3) is 4.99. The largest absolute Gasteiger partial charge is 0.491 e. The molecular formula is C23H32N5O4+. The zero-order valence-electron chi connectivity index (χ0n) is 19.6. The lowest BCUT2D eigenvalue weighted by Gasteiger charge is -2.21. The Morgan fingerprint density at radius 3 is 2.59 bits per heavy atom. The Balaban J connectivity index is 2.01. The number of aliphatic hydroxyl groups excluding tert-OH is 1. The molecular weight excluding hydrogens is 410 g/mol. The number of ketones is 1. The molecule has 9 heteroatoms. The normalized spacial score (nSPS) is 11.6. The van der Waals surface area contributed by atoms with Crippen LogP contribution < -0.4 is 19.5 Å². The molecule has 0 radical (unpaired) electrons. The Kier molecular flexibility index (Phi) is 6.98. The molecule has 0 aliphatic rings. The van der Waals surface area contributed by atoms with Gasteiger partial charge in [-0.2, -0.15) is 0 Å². The summed E-state index contributed by atoms with van der Waals surface area (Å²) in [5.74, 6) is 1.46. The van der Waals surface area contributed by atoms with Crippen molar-refractivity contribution in [1.29, 1.82) is 0 Å². The van der Waals surface area contributed by atoms with Crippen LogP contribution >= 0.6 is 0 Å². The van der Waals surface area contributed by atoms with Crippen LogP contribution in [-0.4, -0.2) is 52.5 Å². The molecule has 2 heterocycles. The van der Waals surface area contributed by atoms with Gasteiger partial charge in [0, 0.05) is 24.2 Å². The molecule has 2 N–H and O–H groups in total. The molecule has 3 aromatic rings. The lowest BCUT2D eigenvalue weighted by Crippen LogP contribution is -2.41. The number of carbonyl (C=O) groups excluding carboxylic acids is 1. The molecule has 0 spiro atoms. The molecule has 0 fully saturated rings. The van der Waals surface area contributed by atoms with E-state index in [0.29, 0.717) is 35.4 Å². The fourth-order valence-electron chi connectivity index (χ4n) is 3.41. The van der Waals surface area contributed by atoms with E-state index in [-0.39, 0.29) is 31.0 Å². The van der Waals surface area contributed by atoms with E-state index in [2.05, 4.69) is 36.3 Å². The number of rotatable bonds is 9. The van der Waals surface area contributed by atoms with Crippen LogP contribution in [0.25, 0.3) is 5.65 Å². The number of benzene rings is 1. The first-order valence-corrected chi connectivity index (χ1v) is 10.7. The van der Waals surface area contributed by atoms with Gasteiger partial charge in [-0.3, -0.25) is 4.79 Å². The van der Waals surface area contributed by atoms with Gasteiger partial charge in [-0.25, -0.2) is 0 Å². The molecule has 1 aromatic carbocycles. The van der Waals surface area contributed by atoms with Crippen LogP contribution in [0.1, 0.15) is 49.2 Å². The average molecular weight is 443 g/mol. The van der Waals surface area contributed by atoms with Crippen LogP contribution in [0.4, 0.5) is 5.95 Å². The Bertz CT molecular complexity index is 1120. The minimum Gasteiger partial charge on any atom is -0.491 e. The lowest BCUT2D eigenvalue weighted by molar-refractivity contribution is -0.714. The summed E-state index contributed by atoms with van der Waals surface area (Å²) in [5.41, 5.74) is 2.93. The highest BCUT2D eigenvalue weighted by atomic mass is 16.5. The number of anilines is 1. The molecule has 0 atom stereocenters. The smallest absolute Gasteiger partial charge is 0.357 e. The molecule has 0 aliphatic heterocycles. The number of aryl methyl sites for hydroxylation is 1. The Morgan fingerprint density at radius 2 is 1.97 bits per heavy atom. The van der Waals surface area contributed by atoms with E-state index in [0.717, 1.165) is 11.1 Å². The molecule has 32 heavy (non-hydrogen) atoms. The van der Waals surface area contributed by atoms with Gasteiger partial charge in [-0.05, 0) is 53.2 Å². The number of nitrogens with zero attached hydrogens (tertiary/aromatic N) is 4. The maximum absolute atomic E-state index is 13.3. The number of nitrogens with one attached hydrogen (secondary N) is 1. The molecule has 172 valence electrons. The topological polar surface area (TPSA) is 102 Å². The quantitative estimate of drug-likeness (QED) is 0.387. The van der Waals surface area contributed by atoms with Crippen molar-refractivity contribution in [2.75, 3.05) is 32.2 Å². The van der Waals surface area contributed by atoms with Gasteiger partial charge in [0.25, 0.3) is 5.88 Å². The summed E-state index contributed by atoms with van der Waals surface area (Å²) >= 11 is 0. The van der Waals surface area contributed by atoms with Gasteiger partial charge in [0.15, 0.2) is 6.54 Å². The monoisotopic (exact) mass is 442 g/mol. The molecule has 0 aliphatic carbocycles. The van der Waals surface area contributed by atoms with Crippen LogP contribution in [-0.2, 0) is 12.0 Å². The number of aliphatic hydroxyl groups is 1. The maximum atomic E-state index is 13.3. The van der Waals surface area contributed by atoms with Crippen LogP contribution in [0, 0.1) is 6.92 Å². The number of aromatic nitrogens is 4. The third-order valence-corrected chi connectivity index (χ3v) is 5.02. The van der Waals surface area contributed by atoms with E-state index >= 15 is 0 Å². The van der Waals surface area contributed by atoms with Gasteiger partial charge in [0.2, 0.25) is 5.78 Å². The second-order valence-electron chi connectivity index (χ2n) is 8.56. The van der Waals surface area contributed by atoms with E-state index in [4.69, 9.17) is 14.6 Å². The highest BCUT2D eigenvalue weighted by Gasteiger charge is 2.27. The van der Waals surface area contributed by atoms with Crippen molar-refractivity contribution in [3.63, 3.8) is 0 Å². The molecule has 0 saturated heterocycles. The van der Waals surface area contributed by atoms with E-state index in [1.807, 2.05) is 32.0 Å². The van der Waals surface area contributed by atoms with Gasteiger partial charge >= 0.3 is 11.6 Å². The van der Waals surface area contributed by atoms with Crippen LogP contribution in [0.2, 0.25) is 0 Å². The summed E-state index contributed by atoms with van der Waals surface area (Å²) in [5, 5.41) is 21.2. The summed E-state index contributed by atoms with van der Waals surface area (Å²) in [6.07, 6.45) is 0. The van der Waals surface area contributed by atoms with Crippen molar-refractivity contribution in [3.05, 3.63) is 41.0 Å². The van der Waals surface area contributed by atoms with E-state index in [1.165, 1.54) is 0 Å². The number of ether oxygens (including phenoxy) is 2. The van der Waals surface area contributed by atoms with E-state index < -0.39 is 0 Å². The second kappa shape index (κ2) is 9.52. The second-order valence-corrected chi connectivity index (χ2v) is 8.56. The summed E-state index contributed by atoms with van der Waals surface area (Å²) in [6.45, 7) is 10.7. The predicted octanol–water partition coefficient (Wildman–Crippen LogP) is 2.32. The molecule has 9 nitrogen and oxygen atoms in total. The average Bonchev–Trinajstić information content (AvgIpc) is 3.09. The molecule has 0 bridgehead atoms. The predicted molar refractivity (Wildman–Crippen MR) is 121 cm³/mol. The van der Waals surface area contributed by atoms with E-state index in [9.17, 15) is 4.79 Å².